The van der Waals surface area contributed by atoms with Gasteiger partial charge in [0.15, 0.2) is 0 Å². The second kappa shape index (κ2) is 4.81. The molecule has 0 aliphatic rings. The van der Waals surface area contributed by atoms with Crippen molar-refractivity contribution in [1.29, 1.82) is 0 Å². The summed E-state index contributed by atoms with van der Waals surface area (Å²) in [5, 5.41) is 12.0. The monoisotopic (exact) mass is 277 g/mol. The summed E-state index contributed by atoms with van der Waals surface area (Å²) in [5.74, 6) is 0.290. The zero-order valence-corrected chi connectivity index (χ0v) is 12.6. The van der Waals surface area contributed by atoms with E-state index >= 15 is 0 Å². The normalized spacial score (nSPS) is 11.8. The standard InChI is InChI=1S/C19H19NO/c1-5-7-15-12(4)19-18(11(3)14(15)6-2)16-10-13(21)8-9-17(16)20-19/h5-10,20-21H,2H2,1,3-4H3/b7-5-. The average molecular weight is 277 g/mol. The van der Waals surface area contributed by atoms with Gasteiger partial charge in [-0.2, -0.15) is 0 Å². The van der Waals surface area contributed by atoms with Gasteiger partial charge in [-0.25, -0.2) is 0 Å². The summed E-state index contributed by atoms with van der Waals surface area (Å²) in [5.41, 5.74) is 6.93. The lowest BCUT2D eigenvalue weighted by Crippen LogP contribution is -1.93. The topological polar surface area (TPSA) is 36.0 Å². The molecule has 0 spiro atoms. The van der Waals surface area contributed by atoms with E-state index in [1.807, 2.05) is 25.1 Å². The highest BCUT2D eigenvalue weighted by Gasteiger charge is 2.15. The molecule has 21 heavy (non-hydrogen) atoms. The van der Waals surface area contributed by atoms with Crippen molar-refractivity contribution < 1.29 is 5.11 Å². The quantitative estimate of drug-likeness (QED) is 0.653. The van der Waals surface area contributed by atoms with Crippen molar-refractivity contribution in [1.82, 2.24) is 4.98 Å². The first-order valence-electron chi connectivity index (χ1n) is 7.11. The van der Waals surface area contributed by atoms with E-state index in [-0.39, 0.29) is 5.75 Å². The number of aromatic hydroxyl groups is 1. The lowest BCUT2D eigenvalue weighted by Gasteiger charge is -2.12. The number of allylic oxidation sites excluding steroid dienone is 1. The molecule has 106 valence electrons. The van der Waals surface area contributed by atoms with Crippen LogP contribution in [0.2, 0.25) is 0 Å². The molecule has 3 aromatic rings. The average Bonchev–Trinajstić information content (AvgIpc) is 2.84. The summed E-state index contributed by atoms with van der Waals surface area (Å²) < 4.78 is 0. The smallest absolute Gasteiger partial charge is 0.116 e. The summed E-state index contributed by atoms with van der Waals surface area (Å²) >= 11 is 0. The Morgan fingerprint density at radius 3 is 2.57 bits per heavy atom. The maximum atomic E-state index is 9.79. The number of benzene rings is 2. The van der Waals surface area contributed by atoms with Gasteiger partial charge in [-0.3, -0.25) is 0 Å². The Bertz CT molecular complexity index is 897. The summed E-state index contributed by atoms with van der Waals surface area (Å²) in [6.07, 6.45) is 6.09. The van der Waals surface area contributed by atoms with Crippen molar-refractivity contribution in [3.63, 3.8) is 0 Å². The number of phenols is 1. The Morgan fingerprint density at radius 2 is 1.90 bits per heavy atom. The number of hydrogen-bond donors (Lipinski definition) is 2. The van der Waals surface area contributed by atoms with Crippen LogP contribution < -0.4 is 0 Å². The first kappa shape index (κ1) is 13.5. The van der Waals surface area contributed by atoms with Crippen LogP contribution in [0.25, 0.3) is 34.0 Å². The number of aromatic amines is 1. The van der Waals surface area contributed by atoms with Crippen LogP contribution in [0.15, 0.2) is 30.9 Å². The molecule has 0 saturated carbocycles. The minimum atomic E-state index is 0.290. The molecule has 0 aliphatic carbocycles. The van der Waals surface area contributed by atoms with Crippen LogP contribution in [0.4, 0.5) is 0 Å². The molecular formula is C19H19NO. The van der Waals surface area contributed by atoms with Crippen molar-refractivity contribution in [3.05, 3.63) is 53.1 Å². The molecule has 0 aliphatic heterocycles. The SMILES string of the molecule is C=Cc1c(/C=C\C)c(C)c2[nH]c3ccc(O)cc3c2c1C. The predicted molar refractivity (Wildman–Crippen MR) is 91.7 cm³/mol. The molecule has 0 atom stereocenters. The first-order valence-corrected chi connectivity index (χ1v) is 7.11. The van der Waals surface area contributed by atoms with Gasteiger partial charge < -0.3 is 10.1 Å². The van der Waals surface area contributed by atoms with Crippen LogP contribution in [0.1, 0.15) is 29.2 Å². The molecule has 2 N–H and O–H groups in total. The summed E-state index contributed by atoms with van der Waals surface area (Å²) in [6, 6.07) is 5.46. The Labute approximate surface area is 124 Å². The number of H-pyrrole nitrogens is 1. The van der Waals surface area contributed by atoms with E-state index in [2.05, 4.69) is 37.6 Å². The molecule has 0 unspecified atom stereocenters. The molecule has 0 amide bonds. The third-order valence-electron chi connectivity index (χ3n) is 4.17. The maximum Gasteiger partial charge on any atom is 0.116 e. The van der Waals surface area contributed by atoms with Crippen molar-refractivity contribution in [2.24, 2.45) is 0 Å². The lowest BCUT2D eigenvalue weighted by atomic mass is 9.92. The van der Waals surface area contributed by atoms with Crippen molar-refractivity contribution >= 4 is 34.0 Å². The Balaban J connectivity index is 2.59. The number of aromatic nitrogens is 1. The number of phenolic OH excluding ortho intramolecular Hbond substituents is 1. The molecule has 0 saturated heterocycles. The van der Waals surface area contributed by atoms with Crippen LogP contribution in [-0.2, 0) is 0 Å². The Kier molecular flexibility index (Phi) is 3.09. The molecule has 2 aromatic carbocycles. The van der Waals surface area contributed by atoms with Crippen molar-refractivity contribution in [3.8, 4) is 5.75 Å². The van der Waals surface area contributed by atoms with Crippen LogP contribution >= 0.6 is 0 Å². The summed E-state index contributed by atoms with van der Waals surface area (Å²) in [7, 11) is 0. The summed E-state index contributed by atoms with van der Waals surface area (Å²) in [6.45, 7) is 10.2. The van der Waals surface area contributed by atoms with Gasteiger partial charge in [0.05, 0.1) is 5.52 Å². The second-order valence-corrected chi connectivity index (χ2v) is 5.39. The number of rotatable bonds is 2. The number of aryl methyl sites for hydroxylation is 2. The van der Waals surface area contributed by atoms with Gasteiger partial charge in [0.2, 0.25) is 0 Å². The molecule has 1 heterocycles. The van der Waals surface area contributed by atoms with Gasteiger partial charge in [-0.1, -0.05) is 24.8 Å². The number of nitrogens with one attached hydrogen (secondary N) is 1. The third-order valence-corrected chi connectivity index (χ3v) is 4.17. The number of hydrogen-bond acceptors (Lipinski definition) is 1. The molecule has 0 radical (unpaired) electrons. The maximum absolute atomic E-state index is 9.79. The highest BCUT2D eigenvalue weighted by molar-refractivity contribution is 6.12. The van der Waals surface area contributed by atoms with Gasteiger partial charge in [0.1, 0.15) is 5.75 Å². The first-order chi connectivity index (χ1) is 10.1. The number of fused-ring (bicyclic) bond motifs is 3. The molecule has 2 nitrogen and oxygen atoms in total. The fourth-order valence-electron chi connectivity index (χ4n) is 3.17. The fraction of sp³-hybridized carbons (Fsp3) is 0.158. The van der Waals surface area contributed by atoms with E-state index in [0.717, 1.165) is 22.0 Å². The molecule has 2 heteroatoms. The van der Waals surface area contributed by atoms with Crippen LogP contribution in [0.5, 0.6) is 5.75 Å². The van der Waals surface area contributed by atoms with Gasteiger partial charge in [0, 0.05) is 16.3 Å². The van der Waals surface area contributed by atoms with Gasteiger partial charge >= 0.3 is 0 Å². The zero-order valence-electron chi connectivity index (χ0n) is 12.6. The Hall–Kier alpha value is -2.48. The highest BCUT2D eigenvalue weighted by atomic mass is 16.3. The molecule has 0 fully saturated rings. The van der Waals surface area contributed by atoms with Gasteiger partial charge in [-0.15, -0.1) is 0 Å². The van der Waals surface area contributed by atoms with E-state index in [1.165, 1.54) is 22.1 Å². The predicted octanol–water partition coefficient (Wildman–Crippen LogP) is 5.32. The van der Waals surface area contributed by atoms with E-state index in [1.54, 1.807) is 6.07 Å². The largest absolute Gasteiger partial charge is 0.508 e. The van der Waals surface area contributed by atoms with Crippen molar-refractivity contribution in [2.75, 3.05) is 0 Å². The Morgan fingerprint density at radius 1 is 1.14 bits per heavy atom. The molecule has 1 aromatic heterocycles. The molecule has 0 bridgehead atoms. The van der Waals surface area contributed by atoms with Gasteiger partial charge in [0.25, 0.3) is 0 Å². The van der Waals surface area contributed by atoms with E-state index in [9.17, 15) is 5.11 Å². The van der Waals surface area contributed by atoms with E-state index in [0.29, 0.717) is 0 Å². The lowest BCUT2D eigenvalue weighted by molar-refractivity contribution is 0.476. The van der Waals surface area contributed by atoms with E-state index < -0.39 is 0 Å². The minimum absolute atomic E-state index is 0.290. The van der Waals surface area contributed by atoms with E-state index in [4.69, 9.17) is 0 Å². The second-order valence-electron chi connectivity index (χ2n) is 5.39. The van der Waals surface area contributed by atoms with Crippen LogP contribution in [0.3, 0.4) is 0 Å². The zero-order chi connectivity index (χ0) is 15.1. The van der Waals surface area contributed by atoms with Crippen molar-refractivity contribution in [2.45, 2.75) is 20.8 Å². The van der Waals surface area contributed by atoms with Crippen LogP contribution in [-0.4, -0.2) is 10.1 Å². The third kappa shape index (κ3) is 1.87. The molecular weight excluding hydrogens is 258 g/mol. The van der Waals surface area contributed by atoms with Crippen LogP contribution in [0, 0.1) is 13.8 Å². The van der Waals surface area contributed by atoms with Gasteiger partial charge in [-0.05, 0) is 61.2 Å². The highest BCUT2D eigenvalue weighted by Crippen LogP contribution is 2.37. The minimum Gasteiger partial charge on any atom is -0.508 e. The molecule has 3 rings (SSSR count). The fourth-order valence-corrected chi connectivity index (χ4v) is 3.17. The summed E-state index contributed by atoms with van der Waals surface area (Å²) in [4.78, 5) is 3.49.